The van der Waals surface area contributed by atoms with Crippen molar-refractivity contribution in [3.8, 4) is 11.3 Å². The second-order valence-electron chi connectivity index (χ2n) is 7.03. The Kier molecular flexibility index (Phi) is 5.28. The van der Waals surface area contributed by atoms with E-state index in [1.165, 1.54) is 0 Å². The Hall–Kier alpha value is -3.28. The minimum atomic E-state index is 0.109. The van der Waals surface area contributed by atoms with Crippen LogP contribution >= 0.6 is 0 Å². The van der Waals surface area contributed by atoms with Crippen molar-refractivity contribution in [3.63, 3.8) is 0 Å². The third-order valence-electron chi connectivity index (χ3n) is 5.00. The molecule has 1 unspecified atom stereocenters. The molecule has 4 rings (SSSR count). The zero-order valence-corrected chi connectivity index (χ0v) is 15.9. The van der Waals surface area contributed by atoms with Gasteiger partial charge in [-0.15, -0.1) is 0 Å². The monoisotopic (exact) mass is 373 g/mol. The molecular formula is C22H23N5O. The average Bonchev–Trinajstić information content (AvgIpc) is 2.75. The second-order valence-corrected chi connectivity index (χ2v) is 7.03. The van der Waals surface area contributed by atoms with Gasteiger partial charge >= 0.3 is 0 Å². The SMILES string of the molecule is CC(=O)N1CCCC(c2nc(Nc3ccccc3)cc(-c3ccncc3)n2)C1. The largest absolute Gasteiger partial charge is 0.342 e. The molecule has 1 aliphatic rings. The van der Waals surface area contributed by atoms with Crippen LogP contribution in [-0.4, -0.2) is 38.8 Å². The van der Waals surface area contributed by atoms with E-state index in [-0.39, 0.29) is 11.8 Å². The number of aromatic nitrogens is 3. The van der Waals surface area contributed by atoms with E-state index in [1.54, 1.807) is 19.3 Å². The van der Waals surface area contributed by atoms with E-state index in [9.17, 15) is 4.79 Å². The van der Waals surface area contributed by atoms with Gasteiger partial charge in [-0.1, -0.05) is 18.2 Å². The van der Waals surface area contributed by atoms with Crippen molar-refractivity contribution in [1.29, 1.82) is 0 Å². The molecule has 0 saturated carbocycles. The summed E-state index contributed by atoms with van der Waals surface area (Å²) in [6.45, 7) is 3.10. The van der Waals surface area contributed by atoms with Crippen LogP contribution < -0.4 is 5.32 Å². The lowest BCUT2D eigenvalue weighted by Gasteiger charge is -2.31. The number of nitrogens with one attached hydrogen (secondary N) is 1. The van der Waals surface area contributed by atoms with Crippen LogP contribution in [0.25, 0.3) is 11.3 Å². The molecule has 3 heterocycles. The van der Waals surface area contributed by atoms with Gasteiger partial charge < -0.3 is 10.2 Å². The van der Waals surface area contributed by atoms with Gasteiger partial charge in [-0.3, -0.25) is 9.78 Å². The first-order chi connectivity index (χ1) is 13.7. The van der Waals surface area contributed by atoms with Gasteiger partial charge in [0.1, 0.15) is 11.6 Å². The summed E-state index contributed by atoms with van der Waals surface area (Å²) in [6.07, 6.45) is 5.47. The first-order valence-electron chi connectivity index (χ1n) is 9.56. The number of piperidine rings is 1. The van der Waals surface area contributed by atoms with Gasteiger partial charge in [-0.05, 0) is 37.1 Å². The predicted octanol–water partition coefficient (Wildman–Crippen LogP) is 4.01. The smallest absolute Gasteiger partial charge is 0.219 e. The molecule has 0 spiro atoms. The molecule has 1 aliphatic heterocycles. The summed E-state index contributed by atoms with van der Waals surface area (Å²) in [5.41, 5.74) is 2.82. The highest BCUT2D eigenvalue weighted by Gasteiger charge is 2.25. The third kappa shape index (κ3) is 4.17. The number of carbonyl (C=O) groups excluding carboxylic acids is 1. The van der Waals surface area contributed by atoms with Crippen LogP contribution in [0.5, 0.6) is 0 Å². The Morgan fingerprint density at radius 2 is 1.89 bits per heavy atom. The van der Waals surface area contributed by atoms with Crippen molar-refractivity contribution in [2.45, 2.75) is 25.7 Å². The maximum atomic E-state index is 11.8. The van der Waals surface area contributed by atoms with Crippen LogP contribution in [0.3, 0.4) is 0 Å². The first kappa shape index (κ1) is 18.1. The van der Waals surface area contributed by atoms with E-state index in [2.05, 4.69) is 10.3 Å². The molecule has 1 aromatic carbocycles. The maximum Gasteiger partial charge on any atom is 0.219 e. The number of hydrogen-bond acceptors (Lipinski definition) is 5. The summed E-state index contributed by atoms with van der Waals surface area (Å²) < 4.78 is 0. The van der Waals surface area contributed by atoms with Crippen molar-refractivity contribution in [2.75, 3.05) is 18.4 Å². The van der Waals surface area contributed by atoms with Crippen LogP contribution in [0, 0.1) is 0 Å². The van der Waals surface area contributed by atoms with Gasteiger partial charge in [0, 0.05) is 55.6 Å². The highest BCUT2D eigenvalue weighted by Crippen LogP contribution is 2.29. The first-order valence-corrected chi connectivity index (χ1v) is 9.56. The van der Waals surface area contributed by atoms with E-state index in [0.29, 0.717) is 6.54 Å². The van der Waals surface area contributed by atoms with Crippen molar-refractivity contribution in [3.05, 3.63) is 66.7 Å². The summed E-state index contributed by atoms with van der Waals surface area (Å²) in [5, 5.41) is 3.38. The molecule has 1 atom stereocenters. The normalized spacial score (nSPS) is 16.6. The van der Waals surface area contributed by atoms with Crippen LogP contribution in [-0.2, 0) is 4.79 Å². The summed E-state index contributed by atoms with van der Waals surface area (Å²) >= 11 is 0. The molecule has 0 aliphatic carbocycles. The lowest BCUT2D eigenvalue weighted by atomic mass is 9.97. The van der Waals surface area contributed by atoms with Crippen molar-refractivity contribution in [1.82, 2.24) is 19.9 Å². The molecule has 2 aromatic heterocycles. The molecule has 142 valence electrons. The van der Waals surface area contributed by atoms with Gasteiger partial charge in [0.05, 0.1) is 5.69 Å². The lowest BCUT2D eigenvalue weighted by molar-refractivity contribution is -0.130. The highest BCUT2D eigenvalue weighted by atomic mass is 16.2. The number of likely N-dealkylation sites (tertiary alicyclic amines) is 1. The van der Waals surface area contributed by atoms with Gasteiger partial charge in [0.15, 0.2) is 0 Å². The predicted molar refractivity (Wildman–Crippen MR) is 109 cm³/mol. The Morgan fingerprint density at radius 1 is 1.11 bits per heavy atom. The van der Waals surface area contributed by atoms with Gasteiger partial charge in [0.25, 0.3) is 0 Å². The topological polar surface area (TPSA) is 71.0 Å². The third-order valence-corrected chi connectivity index (χ3v) is 5.00. The van der Waals surface area contributed by atoms with Gasteiger partial charge in [-0.2, -0.15) is 0 Å². The fourth-order valence-electron chi connectivity index (χ4n) is 3.53. The zero-order chi connectivity index (χ0) is 19.3. The number of nitrogens with zero attached hydrogens (tertiary/aromatic N) is 4. The summed E-state index contributed by atoms with van der Waals surface area (Å²) in [7, 11) is 0. The number of pyridine rings is 1. The van der Waals surface area contributed by atoms with Crippen LogP contribution in [0.4, 0.5) is 11.5 Å². The van der Waals surface area contributed by atoms with E-state index in [0.717, 1.165) is 48.0 Å². The zero-order valence-electron chi connectivity index (χ0n) is 15.9. The van der Waals surface area contributed by atoms with Crippen molar-refractivity contribution >= 4 is 17.4 Å². The fourth-order valence-corrected chi connectivity index (χ4v) is 3.53. The lowest BCUT2D eigenvalue weighted by Crippen LogP contribution is -2.38. The minimum Gasteiger partial charge on any atom is -0.342 e. The highest BCUT2D eigenvalue weighted by molar-refractivity contribution is 5.73. The van der Waals surface area contributed by atoms with Crippen LogP contribution in [0.15, 0.2) is 60.9 Å². The number of benzene rings is 1. The molecule has 1 amide bonds. The Balaban J connectivity index is 1.70. The molecule has 6 heteroatoms. The number of para-hydroxylation sites is 1. The van der Waals surface area contributed by atoms with Crippen molar-refractivity contribution < 1.29 is 4.79 Å². The number of amides is 1. The Morgan fingerprint density at radius 3 is 2.64 bits per heavy atom. The molecular weight excluding hydrogens is 350 g/mol. The number of hydrogen-bond donors (Lipinski definition) is 1. The maximum absolute atomic E-state index is 11.8. The molecule has 1 saturated heterocycles. The number of rotatable bonds is 4. The van der Waals surface area contributed by atoms with E-state index in [1.807, 2.05) is 53.4 Å². The molecule has 3 aromatic rings. The van der Waals surface area contributed by atoms with Crippen LogP contribution in [0.1, 0.15) is 31.5 Å². The molecule has 6 nitrogen and oxygen atoms in total. The van der Waals surface area contributed by atoms with Crippen molar-refractivity contribution in [2.24, 2.45) is 0 Å². The Labute approximate surface area is 164 Å². The standard InChI is InChI=1S/C22H23N5O/c1-16(28)27-13-5-6-18(15-27)22-25-20(17-9-11-23-12-10-17)14-21(26-22)24-19-7-3-2-4-8-19/h2-4,7-12,14,18H,5-6,13,15H2,1H3,(H,24,25,26). The summed E-state index contributed by atoms with van der Waals surface area (Å²) in [6, 6.07) is 15.8. The molecule has 1 fully saturated rings. The summed E-state index contributed by atoms with van der Waals surface area (Å²) in [4.78, 5) is 27.5. The molecule has 0 bridgehead atoms. The fraction of sp³-hybridized carbons (Fsp3) is 0.273. The average molecular weight is 373 g/mol. The Bertz CT molecular complexity index is 946. The molecule has 28 heavy (non-hydrogen) atoms. The van der Waals surface area contributed by atoms with E-state index >= 15 is 0 Å². The van der Waals surface area contributed by atoms with E-state index < -0.39 is 0 Å². The minimum absolute atomic E-state index is 0.109. The van der Waals surface area contributed by atoms with Gasteiger partial charge in [-0.25, -0.2) is 9.97 Å². The quantitative estimate of drug-likeness (QED) is 0.748. The molecule has 0 radical (unpaired) electrons. The summed E-state index contributed by atoms with van der Waals surface area (Å²) in [5.74, 6) is 1.77. The van der Waals surface area contributed by atoms with Gasteiger partial charge in [0.2, 0.25) is 5.91 Å². The number of anilines is 2. The van der Waals surface area contributed by atoms with E-state index in [4.69, 9.17) is 9.97 Å². The number of carbonyl (C=O) groups is 1. The van der Waals surface area contributed by atoms with Crippen LogP contribution in [0.2, 0.25) is 0 Å². The molecule has 1 N–H and O–H groups in total. The second kappa shape index (κ2) is 8.17.